The van der Waals surface area contributed by atoms with E-state index in [2.05, 4.69) is 0 Å². The molecule has 0 radical (unpaired) electrons. The highest BCUT2D eigenvalue weighted by Gasteiger charge is 2.09. The van der Waals surface area contributed by atoms with Gasteiger partial charge in [-0.3, -0.25) is 0 Å². The molecule has 0 bridgehead atoms. The lowest BCUT2D eigenvalue weighted by atomic mass is 10.1. The van der Waals surface area contributed by atoms with Crippen molar-refractivity contribution in [1.82, 2.24) is 0 Å². The maximum absolute atomic E-state index is 11.8. The molecular formula is C11H23FO3. The molecule has 3 nitrogen and oxygen atoms in total. The molecule has 0 aliphatic carbocycles. The molecule has 0 aliphatic heterocycles. The zero-order valence-corrected chi connectivity index (χ0v) is 9.91. The third-order valence-corrected chi connectivity index (χ3v) is 2.01. The Labute approximate surface area is 91.6 Å². The van der Waals surface area contributed by atoms with Crippen LogP contribution in [-0.4, -0.2) is 43.3 Å². The summed E-state index contributed by atoms with van der Waals surface area (Å²) in [5.74, 6) is 0. The second-order valence-electron chi connectivity index (χ2n) is 3.98. The first kappa shape index (κ1) is 14.8. The summed E-state index contributed by atoms with van der Waals surface area (Å²) in [5.41, 5.74) is 0. The lowest BCUT2D eigenvalue weighted by Crippen LogP contribution is -2.21. The van der Waals surface area contributed by atoms with E-state index in [1.807, 2.05) is 20.8 Å². The van der Waals surface area contributed by atoms with Gasteiger partial charge in [-0.15, -0.1) is 0 Å². The molecule has 0 heterocycles. The molecule has 1 N–H and O–H groups in total. The SMILES string of the molecule is CC(C)OC[C@@H](O)CCC(C)OCCF. The molecule has 1 unspecified atom stereocenters. The van der Waals surface area contributed by atoms with Crippen LogP contribution in [0.2, 0.25) is 0 Å². The molecule has 0 aromatic rings. The minimum atomic E-state index is -0.455. The lowest BCUT2D eigenvalue weighted by molar-refractivity contribution is -0.00933. The highest BCUT2D eigenvalue weighted by molar-refractivity contribution is 4.59. The normalized spacial score (nSPS) is 15.6. The zero-order valence-electron chi connectivity index (χ0n) is 9.91. The molecule has 0 amide bonds. The molecule has 15 heavy (non-hydrogen) atoms. The van der Waals surface area contributed by atoms with Crippen molar-refractivity contribution in [3.05, 3.63) is 0 Å². The van der Waals surface area contributed by atoms with E-state index in [-0.39, 0.29) is 18.8 Å². The first-order valence-corrected chi connectivity index (χ1v) is 5.53. The third-order valence-electron chi connectivity index (χ3n) is 2.01. The molecule has 0 spiro atoms. The average Bonchev–Trinajstić information content (AvgIpc) is 2.20. The number of aliphatic hydroxyl groups is 1. The Morgan fingerprint density at radius 1 is 1.13 bits per heavy atom. The van der Waals surface area contributed by atoms with Crippen LogP contribution >= 0.6 is 0 Å². The van der Waals surface area contributed by atoms with E-state index in [0.29, 0.717) is 13.0 Å². The summed E-state index contributed by atoms with van der Waals surface area (Å²) in [5, 5.41) is 9.52. The quantitative estimate of drug-likeness (QED) is 0.648. The van der Waals surface area contributed by atoms with E-state index in [1.165, 1.54) is 0 Å². The van der Waals surface area contributed by atoms with Gasteiger partial charge in [0.1, 0.15) is 6.67 Å². The Kier molecular flexibility index (Phi) is 8.95. The first-order valence-electron chi connectivity index (χ1n) is 5.53. The van der Waals surface area contributed by atoms with Gasteiger partial charge < -0.3 is 14.6 Å². The first-order chi connectivity index (χ1) is 7.06. The molecule has 4 heteroatoms. The summed E-state index contributed by atoms with van der Waals surface area (Å²) in [6.45, 7) is 5.78. The van der Waals surface area contributed by atoms with Gasteiger partial charge in [-0.25, -0.2) is 4.39 Å². The van der Waals surface area contributed by atoms with E-state index >= 15 is 0 Å². The van der Waals surface area contributed by atoms with Crippen molar-refractivity contribution in [2.45, 2.75) is 51.9 Å². The molecule has 2 atom stereocenters. The fraction of sp³-hybridized carbons (Fsp3) is 1.00. The van der Waals surface area contributed by atoms with Crippen molar-refractivity contribution >= 4 is 0 Å². The van der Waals surface area contributed by atoms with Crippen LogP contribution in [-0.2, 0) is 9.47 Å². The number of rotatable bonds is 9. The maximum atomic E-state index is 11.8. The number of halogens is 1. The molecule has 0 saturated carbocycles. The average molecular weight is 222 g/mol. The van der Waals surface area contributed by atoms with Gasteiger partial charge in [0.15, 0.2) is 0 Å². The van der Waals surface area contributed by atoms with Gasteiger partial charge in [-0.2, -0.15) is 0 Å². The fourth-order valence-corrected chi connectivity index (χ4v) is 1.14. The van der Waals surface area contributed by atoms with Crippen LogP contribution in [0, 0.1) is 0 Å². The summed E-state index contributed by atoms with van der Waals surface area (Å²) in [6.07, 6.45) is 1.03. The molecule has 92 valence electrons. The van der Waals surface area contributed by atoms with E-state index in [0.717, 1.165) is 6.42 Å². The van der Waals surface area contributed by atoms with E-state index < -0.39 is 12.8 Å². The molecule has 0 rings (SSSR count). The number of hydrogen-bond acceptors (Lipinski definition) is 3. The predicted molar refractivity (Wildman–Crippen MR) is 57.7 cm³/mol. The third kappa shape index (κ3) is 10.1. The summed E-state index contributed by atoms with van der Waals surface area (Å²) in [6, 6.07) is 0. The van der Waals surface area contributed by atoms with Gasteiger partial charge in [0.2, 0.25) is 0 Å². The number of hydrogen-bond donors (Lipinski definition) is 1. The Morgan fingerprint density at radius 3 is 2.33 bits per heavy atom. The number of aliphatic hydroxyl groups excluding tert-OH is 1. The van der Waals surface area contributed by atoms with Gasteiger partial charge in [0, 0.05) is 0 Å². The van der Waals surface area contributed by atoms with Crippen molar-refractivity contribution in [1.29, 1.82) is 0 Å². The molecule has 0 aromatic carbocycles. The van der Waals surface area contributed by atoms with Gasteiger partial charge in [-0.1, -0.05) is 0 Å². The monoisotopic (exact) mass is 222 g/mol. The van der Waals surface area contributed by atoms with Gasteiger partial charge in [0.25, 0.3) is 0 Å². The smallest absolute Gasteiger partial charge is 0.113 e. The van der Waals surface area contributed by atoms with Crippen LogP contribution in [0.1, 0.15) is 33.6 Å². The summed E-state index contributed by atoms with van der Waals surface area (Å²) in [7, 11) is 0. The largest absolute Gasteiger partial charge is 0.391 e. The summed E-state index contributed by atoms with van der Waals surface area (Å²) in [4.78, 5) is 0. The standard InChI is InChI=1S/C11H23FO3/c1-9(2)15-8-11(13)5-4-10(3)14-7-6-12/h9-11,13H,4-8H2,1-3H3/t10?,11-/m0/s1. The van der Waals surface area contributed by atoms with E-state index in [4.69, 9.17) is 9.47 Å². The Balaban J connectivity index is 3.39. The zero-order chi connectivity index (χ0) is 11.7. The number of ether oxygens (including phenoxy) is 2. The van der Waals surface area contributed by atoms with Crippen LogP contribution in [0.5, 0.6) is 0 Å². The molecule has 0 aliphatic rings. The molecule has 0 saturated heterocycles. The highest BCUT2D eigenvalue weighted by Crippen LogP contribution is 2.06. The predicted octanol–water partition coefficient (Wildman–Crippen LogP) is 1.93. The highest BCUT2D eigenvalue weighted by atomic mass is 19.1. The Morgan fingerprint density at radius 2 is 1.80 bits per heavy atom. The van der Waals surface area contributed by atoms with Crippen molar-refractivity contribution in [2.75, 3.05) is 19.9 Å². The van der Waals surface area contributed by atoms with Crippen molar-refractivity contribution in [2.24, 2.45) is 0 Å². The van der Waals surface area contributed by atoms with Crippen LogP contribution in [0.3, 0.4) is 0 Å². The molecule has 0 aromatic heterocycles. The van der Waals surface area contributed by atoms with Crippen molar-refractivity contribution in [3.63, 3.8) is 0 Å². The topological polar surface area (TPSA) is 38.7 Å². The van der Waals surface area contributed by atoms with E-state index in [1.54, 1.807) is 0 Å². The van der Waals surface area contributed by atoms with Crippen LogP contribution in [0.4, 0.5) is 4.39 Å². The minimum absolute atomic E-state index is 0.00514. The van der Waals surface area contributed by atoms with Crippen LogP contribution in [0.25, 0.3) is 0 Å². The van der Waals surface area contributed by atoms with Crippen LogP contribution in [0.15, 0.2) is 0 Å². The van der Waals surface area contributed by atoms with Crippen molar-refractivity contribution < 1.29 is 19.0 Å². The van der Waals surface area contributed by atoms with Crippen molar-refractivity contribution in [3.8, 4) is 0 Å². The lowest BCUT2D eigenvalue weighted by Gasteiger charge is -2.16. The summed E-state index contributed by atoms with van der Waals surface area (Å²) < 4.78 is 22.2. The van der Waals surface area contributed by atoms with Gasteiger partial charge in [0.05, 0.1) is 31.5 Å². The Bertz CT molecular complexity index is 142. The maximum Gasteiger partial charge on any atom is 0.113 e. The molecule has 0 fully saturated rings. The number of alkyl halides is 1. The second kappa shape index (κ2) is 9.07. The minimum Gasteiger partial charge on any atom is -0.391 e. The Hall–Kier alpha value is -0.190. The molecular weight excluding hydrogens is 199 g/mol. The van der Waals surface area contributed by atoms with Gasteiger partial charge in [-0.05, 0) is 33.6 Å². The van der Waals surface area contributed by atoms with Crippen LogP contribution < -0.4 is 0 Å². The van der Waals surface area contributed by atoms with E-state index in [9.17, 15) is 9.50 Å². The van der Waals surface area contributed by atoms with Gasteiger partial charge >= 0.3 is 0 Å². The second-order valence-corrected chi connectivity index (χ2v) is 3.98. The summed E-state index contributed by atoms with van der Waals surface area (Å²) >= 11 is 0. The fourth-order valence-electron chi connectivity index (χ4n) is 1.14.